The normalized spacial score (nSPS) is 10.9. The fraction of sp³-hybridized carbons (Fsp3) is 0.364. The Balaban J connectivity index is 1.80. The third-order valence-electron chi connectivity index (χ3n) is 4.61. The molecule has 1 amide bonds. The highest BCUT2D eigenvalue weighted by atomic mass is 32.2. The molecule has 1 N–H and O–H groups in total. The van der Waals surface area contributed by atoms with Gasteiger partial charge in [0.15, 0.2) is 5.16 Å². The Kier molecular flexibility index (Phi) is 7.92. The zero-order chi connectivity index (χ0) is 23.3. The fourth-order valence-electron chi connectivity index (χ4n) is 3.20. The van der Waals surface area contributed by atoms with E-state index in [9.17, 15) is 14.4 Å². The Hall–Kier alpha value is -2.85. The number of carbonyl (C=O) groups excluding carboxylic acids is 3. The molecule has 8 nitrogen and oxygen atoms in total. The Bertz CT molecular complexity index is 1150. The van der Waals surface area contributed by atoms with Gasteiger partial charge in [0.2, 0.25) is 5.91 Å². The van der Waals surface area contributed by atoms with E-state index in [4.69, 9.17) is 9.47 Å². The van der Waals surface area contributed by atoms with Crippen molar-refractivity contribution in [1.82, 2.24) is 9.55 Å². The number of amides is 1. The van der Waals surface area contributed by atoms with Crippen molar-refractivity contribution in [2.45, 2.75) is 39.4 Å². The van der Waals surface area contributed by atoms with Crippen LogP contribution in [0.3, 0.4) is 0 Å². The highest BCUT2D eigenvalue weighted by molar-refractivity contribution is 7.99. The Morgan fingerprint density at radius 1 is 1.09 bits per heavy atom. The number of thiophene rings is 1. The minimum Gasteiger partial charge on any atom is -0.462 e. The number of nitrogens with zero attached hydrogens (tertiary/aromatic N) is 2. The SMILES string of the molecule is CCOC(=O)c1sc(NC(=O)CSc2nc3ccccc3n2CC)c(C(=O)OCC)c1C. The second kappa shape index (κ2) is 10.6. The number of carbonyl (C=O) groups is 3. The maximum absolute atomic E-state index is 12.7. The molecule has 0 saturated carbocycles. The predicted octanol–water partition coefficient (Wildman–Crippen LogP) is 4.51. The standard InChI is InChI=1S/C22H25N3O5S2/c1-5-25-15-11-9-8-10-14(15)23-22(25)31-12-16(26)24-19-17(20(27)29-6-2)13(4)18(32-19)21(28)30-7-3/h8-11H,5-7,12H2,1-4H3,(H,24,26). The molecule has 10 heteroatoms. The molecule has 3 rings (SSSR count). The Morgan fingerprint density at radius 3 is 2.47 bits per heavy atom. The van der Waals surface area contributed by atoms with Crippen LogP contribution >= 0.6 is 23.1 Å². The monoisotopic (exact) mass is 475 g/mol. The van der Waals surface area contributed by atoms with E-state index in [2.05, 4.69) is 10.3 Å². The molecule has 0 aliphatic rings. The lowest BCUT2D eigenvalue weighted by molar-refractivity contribution is -0.113. The molecule has 0 aliphatic heterocycles. The van der Waals surface area contributed by atoms with Crippen LogP contribution in [0, 0.1) is 6.92 Å². The smallest absolute Gasteiger partial charge is 0.348 e. The van der Waals surface area contributed by atoms with Crippen LogP contribution in [0.5, 0.6) is 0 Å². The molecule has 0 atom stereocenters. The summed E-state index contributed by atoms with van der Waals surface area (Å²) >= 11 is 2.32. The van der Waals surface area contributed by atoms with Gasteiger partial charge in [-0.25, -0.2) is 14.6 Å². The topological polar surface area (TPSA) is 99.5 Å². The van der Waals surface area contributed by atoms with E-state index in [-0.39, 0.29) is 40.3 Å². The first-order valence-corrected chi connectivity index (χ1v) is 12.1. The van der Waals surface area contributed by atoms with Gasteiger partial charge in [0.05, 0.1) is 35.6 Å². The van der Waals surface area contributed by atoms with Gasteiger partial charge in [-0.3, -0.25) is 4.79 Å². The molecule has 0 bridgehead atoms. The first kappa shape index (κ1) is 23.8. The van der Waals surface area contributed by atoms with Gasteiger partial charge in [-0.05, 0) is 45.4 Å². The molecule has 0 aliphatic carbocycles. The van der Waals surface area contributed by atoms with E-state index < -0.39 is 11.9 Å². The van der Waals surface area contributed by atoms with E-state index in [1.165, 1.54) is 11.8 Å². The first-order chi connectivity index (χ1) is 15.4. The molecule has 3 aromatic rings. The van der Waals surface area contributed by atoms with Gasteiger partial charge in [0.1, 0.15) is 9.88 Å². The number of hydrogen-bond donors (Lipinski definition) is 1. The number of imidazole rings is 1. The number of esters is 2. The van der Waals surface area contributed by atoms with Crippen LogP contribution < -0.4 is 5.32 Å². The number of benzene rings is 1. The molecule has 170 valence electrons. The quantitative estimate of drug-likeness (QED) is 0.359. The lowest BCUT2D eigenvalue weighted by atomic mass is 10.1. The van der Waals surface area contributed by atoms with Gasteiger partial charge in [0.25, 0.3) is 0 Å². The van der Waals surface area contributed by atoms with Crippen LogP contribution in [0.15, 0.2) is 29.4 Å². The minimum atomic E-state index is -0.590. The van der Waals surface area contributed by atoms with E-state index in [1.807, 2.05) is 35.8 Å². The molecular formula is C22H25N3O5S2. The molecule has 0 spiro atoms. The van der Waals surface area contributed by atoms with E-state index in [1.54, 1.807) is 20.8 Å². The van der Waals surface area contributed by atoms with Crippen molar-refractivity contribution in [1.29, 1.82) is 0 Å². The minimum absolute atomic E-state index is 0.0945. The molecule has 1 aromatic carbocycles. The number of aryl methyl sites for hydroxylation is 1. The molecule has 2 heterocycles. The highest BCUT2D eigenvalue weighted by Crippen LogP contribution is 2.34. The van der Waals surface area contributed by atoms with Crippen LogP contribution in [0.4, 0.5) is 5.00 Å². The van der Waals surface area contributed by atoms with Gasteiger partial charge in [-0.2, -0.15) is 0 Å². The average Bonchev–Trinajstić information content (AvgIpc) is 3.29. The van der Waals surface area contributed by atoms with Crippen molar-refractivity contribution in [3.05, 3.63) is 40.3 Å². The van der Waals surface area contributed by atoms with Crippen LogP contribution in [-0.2, 0) is 20.8 Å². The van der Waals surface area contributed by atoms with Gasteiger partial charge < -0.3 is 19.4 Å². The number of nitrogens with one attached hydrogen (secondary N) is 1. The lowest BCUT2D eigenvalue weighted by Crippen LogP contribution is -2.17. The van der Waals surface area contributed by atoms with Crippen molar-refractivity contribution in [2.75, 3.05) is 24.3 Å². The van der Waals surface area contributed by atoms with E-state index >= 15 is 0 Å². The Morgan fingerprint density at radius 2 is 1.78 bits per heavy atom. The van der Waals surface area contributed by atoms with Crippen molar-refractivity contribution in [3.8, 4) is 0 Å². The summed E-state index contributed by atoms with van der Waals surface area (Å²) in [5.74, 6) is -1.34. The van der Waals surface area contributed by atoms with Crippen LogP contribution in [0.1, 0.15) is 46.4 Å². The van der Waals surface area contributed by atoms with Crippen molar-refractivity contribution in [2.24, 2.45) is 0 Å². The number of aromatic nitrogens is 2. The van der Waals surface area contributed by atoms with Gasteiger partial charge >= 0.3 is 11.9 Å². The number of fused-ring (bicyclic) bond motifs is 1. The van der Waals surface area contributed by atoms with Gasteiger partial charge in [-0.15, -0.1) is 11.3 Å². The Labute approximate surface area is 194 Å². The number of anilines is 1. The third-order valence-corrected chi connectivity index (χ3v) is 6.77. The highest BCUT2D eigenvalue weighted by Gasteiger charge is 2.27. The molecule has 2 aromatic heterocycles. The molecule has 0 fully saturated rings. The predicted molar refractivity (Wildman–Crippen MR) is 126 cm³/mol. The number of rotatable bonds is 9. The van der Waals surface area contributed by atoms with Crippen molar-refractivity contribution in [3.63, 3.8) is 0 Å². The zero-order valence-corrected chi connectivity index (χ0v) is 20.0. The maximum atomic E-state index is 12.7. The van der Waals surface area contributed by atoms with Crippen molar-refractivity contribution >= 4 is 57.0 Å². The average molecular weight is 476 g/mol. The molecule has 32 heavy (non-hydrogen) atoms. The van der Waals surface area contributed by atoms with Crippen LogP contribution in [0.2, 0.25) is 0 Å². The summed E-state index contributed by atoms with van der Waals surface area (Å²) in [6, 6.07) is 7.80. The van der Waals surface area contributed by atoms with E-state index in [0.29, 0.717) is 5.56 Å². The van der Waals surface area contributed by atoms with Gasteiger partial charge in [-0.1, -0.05) is 23.9 Å². The van der Waals surface area contributed by atoms with E-state index in [0.717, 1.165) is 34.1 Å². The zero-order valence-electron chi connectivity index (χ0n) is 18.4. The summed E-state index contributed by atoms with van der Waals surface area (Å²) in [7, 11) is 0. The molecular weight excluding hydrogens is 450 g/mol. The van der Waals surface area contributed by atoms with Crippen LogP contribution in [0.25, 0.3) is 11.0 Å². The van der Waals surface area contributed by atoms with Gasteiger partial charge in [0, 0.05) is 6.54 Å². The second-order valence-corrected chi connectivity index (χ2v) is 8.63. The van der Waals surface area contributed by atoms with Crippen molar-refractivity contribution < 1.29 is 23.9 Å². The maximum Gasteiger partial charge on any atom is 0.348 e. The lowest BCUT2D eigenvalue weighted by Gasteiger charge is -2.08. The number of hydrogen-bond acceptors (Lipinski definition) is 8. The number of ether oxygens (including phenoxy) is 2. The number of thioether (sulfide) groups is 1. The van der Waals surface area contributed by atoms with Crippen LogP contribution in [-0.4, -0.2) is 46.4 Å². The molecule has 0 radical (unpaired) electrons. The molecule has 0 saturated heterocycles. The second-order valence-electron chi connectivity index (χ2n) is 6.67. The first-order valence-electron chi connectivity index (χ1n) is 10.3. The fourth-order valence-corrected chi connectivity index (χ4v) is 5.19. The molecule has 0 unspecified atom stereocenters. The third kappa shape index (κ3) is 4.97. The largest absolute Gasteiger partial charge is 0.462 e. The summed E-state index contributed by atoms with van der Waals surface area (Å²) in [5.41, 5.74) is 2.49. The summed E-state index contributed by atoms with van der Waals surface area (Å²) in [6.07, 6.45) is 0. The summed E-state index contributed by atoms with van der Waals surface area (Å²) in [6.45, 7) is 8.18. The summed E-state index contributed by atoms with van der Waals surface area (Å²) < 4.78 is 12.2. The summed E-state index contributed by atoms with van der Waals surface area (Å²) in [4.78, 5) is 42.4. The summed E-state index contributed by atoms with van der Waals surface area (Å²) in [5, 5.41) is 3.78. The number of para-hydroxylation sites is 2.